The number of methoxy groups -OCH3 is 1. The Morgan fingerprint density at radius 3 is 2.75 bits per heavy atom. The number of hydrazone groups is 1. The number of benzene rings is 2. The van der Waals surface area contributed by atoms with Gasteiger partial charge < -0.3 is 9.47 Å². The SMILES string of the molecule is COC(=O)COc1cccc(/C=N\NC(=O)c2cccc(Cl)c2)c1. The average molecular weight is 347 g/mol. The molecular weight excluding hydrogens is 332 g/mol. The fraction of sp³-hybridized carbons (Fsp3) is 0.118. The number of hydrogen-bond acceptors (Lipinski definition) is 5. The van der Waals surface area contributed by atoms with E-state index in [1.165, 1.54) is 13.3 Å². The molecule has 0 aromatic heterocycles. The highest BCUT2D eigenvalue weighted by molar-refractivity contribution is 6.30. The fourth-order valence-corrected chi connectivity index (χ4v) is 1.94. The summed E-state index contributed by atoms with van der Waals surface area (Å²) in [5, 5.41) is 4.36. The van der Waals surface area contributed by atoms with Crippen LogP contribution in [0.3, 0.4) is 0 Å². The summed E-state index contributed by atoms with van der Waals surface area (Å²) in [6.07, 6.45) is 1.47. The molecule has 0 aliphatic carbocycles. The maximum Gasteiger partial charge on any atom is 0.343 e. The van der Waals surface area contributed by atoms with Crippen molar-refractivity contribution in [3.8, 4) is 5.75 Å². The Kier molecular flexibility index (Phi) is 6.33. The van der Waals surface area contributed by atoms with Gasteiger partial charge in [-0.15, -0.1) is 0 Å². The van der Waals surface area contributed by atoms with Gasteiger partial charge >= 0.3 is 5.97 Å². The monoisotopic (exact) mass is 346 g/mol. The van der Waals surface area contributed by atoms with Crippen molar-refractivity contribution in [1.82, 2.24) is 5.43 Å². The smallest absolute Gasteiger partial charge is 0.343 e. The summed E-state index contributed by atoms with van der Waals surface area (Å²) in [5.41, 5.74) is 3.52. The van der Waals surface area contributed by atoms with Gasteiger partial charge in [0.2, 0.25) is 0 Å². The summed E-state index contributed by atoms with van der Waals surface area (Å²) in [4.78, 5) is 23.0. The Morgan fingerprint density at radius 2 is 2.00 bits per heavy atom. The molecule has 2 aromatic rings. The van der Waals surface area contributed by atoms with Crippen LogP contribution in [0.25, 0.3) is 0 Å². The van der Waals surface area contributed by atoms with Crippen LogP contribution in [-0.2, 0) is 9.53 Å². The molecule has 1 N–H and O–H groups in total. The van der Waals surface area contributed by atoms with Gasteiger partial charge in [-0.3, -0.25) is 4.79 Å². The summed E-state index contributed by atoms with van der Waals surface area (Å²) in [6.45, 7) is -0.178. The largest absolute Gasteiger partial charge is 0.482 e. The zero-order chi connectivity index (χ0) is 17.4. The van der Waals surface area contributed by atoms with Crippen LogP contribution in [0.15, 0.2) is 53.6 Å². The Bertz CT molecular complexity index is 762. The first-order valence-corrected chi connectivity index (χ1v) is 7.35. The van der Waals surface area contributed by atoms with Crippen LogP contribution in [0.5, 0.6) is 5.75 Å². The molecular formula is C17H15ClN2O4. The molecule has 0 saturated heterocycles. The molecule has 0 unspecified atom stereocenters. The van der Waals surface area contributed by atoms with Crippen LogP contribution in [0.4, 0.5) is 0 Å². The molecule has 0 bridgehead atoms. The number of halogens is 1. The van der Waals surface area contributed by atoms with Gasteiger partial charge in [0.05, 0.1) is 13.3 Å². The minimum absolute atomic E-state index is 0.178. The molecule has 2 rings (SSSR count). The lowest BCUT2D eigenvalue weighted by Crippen LogP contribution is -2.17. The summed E-state index contributed by atoms with van der Waals surface area (Å²) < 4.78 is 9.77. The highest BCUT2D eigenvalue weighted by Crippen LogP contribution is 2.12. The third kappa shape index (κ3) is 5.40. The predicted molar refractivity (Wildman–Crippen MR) is 90.5 cm³/mol. The van der Waals surface area contributed by atoms with Crippen molar-refractivity contribution in [3.63, 3.8) is 0 Å². The maximum absolute atomic E-state index is 11.9. The average Bonchev–Trinajstić information content (AvgIpc) is 2.60. The lowest BCUT2D eigenvalue weighted by atomic mass is 10.2. The van der Waals surface area contributed by atoms with E-state index in [0.29, 0.717) is 21.9 Å². The van der Waals surface area contributed by atoms with Crippen molar-refractivity contribution in [1.29, 1.82) is 0 Å². The lowest BCUT2D eigenvalue weighted by Gasteiger charge is -2.05. The van der Waals surface area contributed by atoms with Crippen molar-refractivity contribution in [2.75, 3.05) is 13.7 Å². The molecule has 0 radical (unpaired) electrons. The fourth-order valence-electron chi connectivity index (χ4n) is 1.75. The van der Waals surface area contributed by atoms with Crippen molar-refractivity contribution in [2.24, 2.45) is 5.10 Å². The Labute approximate surface area is 144 Å². The molecule has 0 heterocycles. The number of ether oxygens (including phenoxy) is 2. The van der Waals surface area contributed by atoms with E-state index in [4.69, 9.17) is 16.3 Å². The van der Waals surface area contributed by atoms with Crippen LogP contribution in [0.1, 0.15) is 15.9 Å². The summed E-state index contributed by atoms with van der Waals surface area (Å²) >= 11 is 5.83. The number of carbonyl (C=O) groups is 2. The van der Waals surface area contributed by atoms with Gasteiger partial charge in [0.25, 0.3) is 5.91 Å². The Balaban J connectivity index is 1.94. The first-order valence-electron chi connectivity index (χ1n) is 6.97. The molecule has 6 nitrogen and oxygen atoms in total. The van der Waals surface area contributed by atoms with E-state index < -0.39 is 5.97 Å². The van der Waals surface area contributed by atoms with E-state index >= 15 is 0 Å². The van der Waals surface area contributed by atoms with Crippen LogP contribution >= 0.6 is 11.6 Å². The lowest BCUT2D eigenvalue weighted by molar-refractivity contribution is -0.142. The number of nitrogens with zero attached hydrogens (tertiary/aromatic N) is 1. The highest BCUT2D eigenvalue weighted by atomic mass is 35.5. The summed E-state index contributed by atoms with van der Waals surface area (Å²) in [7, 11) is 1.29. The molecule has 1 amide bonds. The van der Waals surface area contributed by atoms with Gasteiger partial charge in [-0.05, 0) is 35.9 Å². The molecule has 0 saturated carbocycles. The number of nitrogens with one attached hydrogen (secondary N) is 1. The first-order chi connectivity index (χ1) is 11.6. The molecule has 2 aromatic carbocycles. The van der Waals surface area contributed by atoms with Gasteiger partial charge in [0, 0.05) is 10.6 Å². The van der Waals surface area contributed by atoms with Crippen LogP contribution in [-0.4, -0.2) is 31.8 Å². The second kappa shape index (κ2) is 8.69. The van der Waals surface area contributed by atoms with Gasteiger partial charge in [-0.2, -0.15) is 5.10 Å². The second-order valence-corrected chi connectivity index (χ2v) is 5.08. The highest BCUT2D eigenvalue weighted by Gasteiger charge is 2.04. The van der Waals surface area contributed by atoms with Gasteiger partial charge in [-0.25, -0.2) is 10.2 Å². The minimum atomic E-state index is -0.470. The summed E-state index contributed by atoms with van der Waals surface area (Å²) in [6, 6.07) is 13.5. The van der Waals surface area contributed by atoms with Gasteiger partial charge in [0.1, 0.15) is 5.75 Å². The first kappa shape index (κ1) is 17.5. The third-order valence-corrected chi connectivity index (χ3v) is 3.14. The molecule has 0 fully saturated rings. The quantitative estimate of drug-likeness (QED) is 0.495. The van der Waals surface area contributed by atoms with E-state index in [9.17, 15) is 9.59 Å². The minimum Gasteiger partial charge on any atom is -0.482 e. The van der Waals surface area contributed by atoms with E-state index in [2.05, 4.69) is 15.3 Å². The van der Waals surface area contributed by atoms with Crippen molar-refractivity contribution in [3.05, 3.63) is 64.7 Å². The summed E-state index contributed by atoms with van der Waals surface area (Å²) in [5.74, 6) is -0.347. The molecule has 0 atom stereocenters. The van der Waals surface area contributed by atoms with Crippen molar-refractivity contribution >= 4 is 29.7 Å². The van der Waals surface area contributed by atoms with Crippen LogP contribution in [0.2, 0.25) is 5.02 Å². The second-order valence-electron chi connectivity index (χ2n) is 4.65. The molecule has 7 heteroatoms. The molecule has 0 aliphatic rings. The van der Waals surface area contributed by atoms with Crippen molar-refractivity contribution in [2.45, 2.75) is 0 Å². The number of carbonyl (C=O) groups excluding carboxylic acids is 2. The Hall–Kier alpha value is -2.86. The van der Waals surface area contributed by atoms with E-state index in [1.54, 1.807) is 48.5 Å². The van der Waals surface area contributed by atoms with Crippen molar-refractivity contribution < 1.29 is 19.1 Å². The Morgan fingerprint density at radius 1 is 1.21 bits per heavy atom. The third-order valence-electron chi connectivity index (χ3n) is 2.91. The van der Waals surface area contributed by atoms with Gasteiger partial charge in [0.15, 0.2) is 6.61 Å². The topological polar surface area (TPSA) is 77.0 Å². The zero-order valence-electron chi connectivity index (χ0n) is 12.9. The van der Waals surface area contributed by atoms with Crippen LogP contribution in [0, 0.1) is 0 Å². The molecule has 0 aliphatic heterocycles. The van der Waals surface area contributed by atoms with Gasteiger partial charge in [-0.1, -0.05) is 29.8 Å². The maximum atomic E-state index is 11.9. The number of hydrogen-bond donors (Lipinski definition) is 1. The number of rotatable bonds is 6. The molecule has 124 valence electrons. The zero-order valence-corrected chi connectivity index (χ0v) is 13.6. The van der Waals surface area contributed by atoms with E-state index in [1.807, 2.05) is 0 Å². The predicted octanol–water partition coefficient (Wildman–Crippen LogP) is 2.66. The molecule has 0 spiro atoms. The molecule has 24 heavy (non-hydrogen) atoms. The standard InChI is InChI=1S/C17H15ClN2O4/c1-23-16(21)11-24-15-7-2-4-12(8-15)10-19-20-17(22)13-5-3-6-14(18)9-13/h2-10H,11H2,1H3,(H,20,22)/b19-10-. The van der Waals surface area contributed by atoms with Crippen LogP contribution < -0.4 is 10.2 Å². The number of esters is 1. The number of amides is 1. The normalized spacial score (nSPS) is 10.4. The van der Waals surface area contributed by atoms with E-state index in [-0.39, 0.29) is 12.5 Å². The van der Waals surface area contributed by atoms with E-state index in [0.717, 1.165) is 0 Å².